The highest BCUT2D eigenvalue weighted by Crippen LogP contribution is 2.35. The first-order valence-corrected chi connectivity index (χ1v) is 10.7. The normalized spacial score (nSPS) is 13.9. The number of carbonyl (C=O) groups excluding carboxylic acids is 1. The van der Waals surface area contributed by atoms with Gasteiger partial charge in [-0.2, -0.15) is 0 Å². The van der Waals surface area contributed by atoms with E-state index in [-0.39, 0.29) is 24.8 Å². The number of aliphatic carboxylic acids is 1. The molecule has 0 saturated carbocycles. The lowest BCUT2D eigenvalue weighted by Gasteiger charge is -2.32. The Morgan fingerprint density at radius 1 is 1.12 bits per heavy atom. The molecule has 0 bridgehead atoms. The number of nitrogens with zero attached hydrogens (tertiary/aromatic N) is 2. The molecule has 1 N–H and O–H groups in total. The fourth-order valence-corrected chi connectivity index (χ4v) is 3.59. The lowest BCUT2D eigenvalue weighted by atomic mass is 10.1. The smallest absolute Gasteiger partial charge is 0.481 e. The molecule has 0 aromatic heterocycles. The molecular formula is C23H26N2O8. The molecular weight excluding hydrogens is 432 g/mol. The zero-order valence-corrected chi connectivity index (χ0v) is 18.3. The third-order valence-electron chi connectivity index (χ3n) is 5.24. The molecule has 3 rings (SSSR count). The second kappa shape index (κ2) is 11.2. The first kappa shape index (κ1) is 23.8. The number of benzene rings is 2. The number of hydrogen-bond acceptors (Lipinski definition) is 8. The topological polar surface area (TPSA) is 128 Å². The Morgan fingerprint density at radius 3 is 2.39 bits per heavy atom. The number of piperidine rings is 1. The van der Waals surface area contributed by atoms with Crippen LogP contribution in [0.4, 0.5) is 16.2 Å². The summed E-state index contributed by atoms with van der Waals surface area (Å²) in [6, 6.07) is 11.6. The molecule has 0 radical (unpaired) electrons. The minimum Gasteiger partial charge on any atom is -0.481 e. The van der Waals surface area contributed by atoms with E-state index >= 15 is 0 Å². The van der Waals surface area contributed by atoms with Crippen molar-refractivity contribution in [2.75, 3.05) is 24.6 Å². The predicted octanol–water partition coefficient (Wildman–Crippen LogP) is 4.55. The van der Waals surface area contributed by atoms with Gasteiger partial charge in [0, 0.05) is 44.5 Å². The number of nitro benzene ring substituents is 1. The molecule has 2 aromatic carbocycles. The minimum absolute atomic E-state index is 0.0314. The Labute approximate surface area is 190 Å². The minimum atomic E-state index is -0.856. The standard InChI is InChI=1S/C23H26N2O8/c1-2-31-23(28)33-18-11-13-24(14-12-18)21-15-19(8-9-20(21)25(29)30)32-17-6-3-16(4-7-17)5-10-22(26)27/h3-4,6-9,15,18H,2,5,10-14H2,1H3,(H,26,27). The van der Waals surface area contributed by atoms with Crippen molar-refractivity contribution < 1.29 is 33.8 Å². The summed E-state index contributed by atoms with van der Waals surface area (Å²) in [6.07, 6.45) is 0.530. The fraction of sp³-hybridized carbons (Fsp3) is 0.391. The van der Waals surface area contributed by atoms with E-state index in [2.05, 4.69) is 0 Å². The highest BCUT2D eigenvalue weighted by atomic mass is 16.7. The molecule has 0 unspecified atom stereocenters. The first-order chi connectivity index (χ1) is 15.9. The van der Waals surface area contributed by atoms with Gasteiger partial charge in [0.05, 0.1) is 11.5 Å². The van der Waals surface area contributed by atoms with E-state index in [0.29, 0.717) is 49.5 Å². The van der Waals surface area contributed by atoms with E-state index in [0.717, 1.165) is 5.56 Å². The van der Waals surface area contributed by atoms with Gasteiger partial charge in [-0.05, 0) is 37.1 Å². The maximum absolute atomic E-state index is 11.6. The molecule has 2 aromatic rings. The second-order valence-electron chi connectivity index (χ2n) is 7.53. The van der Waals surface area contributed by atoms with Gasteiger partial charge in [-0.15, -0.1) is 0 Å². The highest BCUT2D eigenvalue weighted by Gasteiger charge is 2.27. The van der Waals surface area contributed by atoms with Gasteiger partial charge in [0.2, 0.25) is 0 Å². The fourth-order valence-electron chi connectivity index (χ4n) is 3.59. The van der Waals surface area contributed by atoms with Gasteiger partial charge < -0.3 is 24.2 Å². The molecule has 0 amide bonds. The number of hydrogen-bond donors (Lipinski definition) is 1. The van der Waals surface area contributed by atoms with Crippen LogP contribution in [0.2, 0.25) is 0 Å². The van der Waals surface area contributed by atoms with Crippen LogP contribution in [0, 0.1) is 10.1 Å². The third kappa shape index (κ3) is 6.83. The van der Waals surface area contributed by atoms with Crippen molar-refractivity contribution in [3.05, 3.63) is 58.1 Å². The van der Waals surface area contributed by atoms with Crippen molar-refractivity contribution in [3.8, 4) is 11.5 Å². The van der Waals surface area contributed by atoms with Crippen LogP contribution in [0.3, 0.4) is 0 Å². The molecule has 1 aliphatic rings. The summed E-state index contributed by atoms with van der Waals surface area (Å²) in [6.45, 7) is 2.90. The van der Waals surface area contributed by atoms with Crippen molar-refractivity contribution in [3.63, 3.8) is 0 Å². The van der Waals surface area contributed by atoms with Gasteiger partial charge in [0.15, 0.2) is 0 Å². The maximum Gasteiger partial charge on any atom is 0.508 e. The average molecular weight is 458 g/mol. The van der Waals surface area contributed by atoms with Crippen LogP contribution in [0.25, 0.3) is 0 Å². The van der Waals surface area contributed by atoms with Crippen LogP contribution in [0.15, 0.2) is 42.5 Å². The van der Waals surface area contributed by atoms with Crippen molar-refractivity contribution in [1.29, 1.82) is 0 Å². The van der Waals surface area contributed by atoms with Crippen molar-refractivity contribution >= 4 is 23.5 Å². The quantitative estimate of drug-likeness (QED) is 0.327. The van der Waals surface area contributed by atoms with Crippen LogP contribution in [0.1, 0.15) is 31.7 Å². The summed E-state index contributed by atoms with van der Waals surface area (Å²) >= 11 is 0. The number of ether oxygens (including phenoxy) is 3. The van der Waals surface area contributed by atoms with E-state index in [9.17, 15) is 19.7 Å². The van der Waals surface area contributed by atoms with E-state index in [1.54, 1.807) is 37.3 Å². The zero-order chi connectivity index (χ0) is 23.8. The van der Waals surface area contributed by atoms with Crippen LogP contribution < -0.4 is 9.64 Å². The number of anilines is 1. The number of carbonyl (C=O) groups is 2. The molecule has 33 heavy (non-hydrogen) atoms. The molecule has 1 saturated heterocycles. The molecule has 10 heteroatoms. The summed E-state index contributed by atoms with van der Waals surface area (Å²) in [5, 5.41) is 20.4. The predicted molar refractivity (Wildman–Crippen MR) is 119 cm³/mol. The lowest BCUT2D eigenvalue weighted by molar-refractivity contribution is -0.384. The lowest BCUT2D eigenvalue weighted by Crippen LogP contribution is -2.38. The van der Waals surface area contributed by atoms with E-state index in [1.165, 1.54) is 12.1 Å². The Bertz CT molecular complexity index is 984. The molecule has 1 aliphatic heterocycles. The number of carboxylic acid groups (broad SMARTS) is 1. The summed E-state index contributed by atoms with van der Waals surface area (Å²) in [4.78, 5) is 35.2. The Morgan fingerprint density at radius 2 is 1.79 bits per heavy atom. The van der Waals surface area contributed by atoms with Crippen LogP contribution in [0.5, 0.6) is 11.5 Å². The SMILES string of the molecule is CCOC(=O)OC1CCN(c2cc(Oc3ccc(CCC(=O)O)cc3)ccc2[N+](=O)[O-])CC1. The van der Waals surface area contributed by atoms with E-state index in [1.807, 2.05) is 4.90 Å². The zero-order valence-electron chi connectivity index (χ0n) is 18.3. The van der Waals surface area contributed by atoms with Crippen LogP contribution in [-0.2, 0) is 20.7 Å². The summed E-state index contributed by atoms with van der Waals surface area (Å²) in [5.41, 5.74) is 1.28. The van der Waals surface area contributed by atoms with Crippen LogP contribution in [-0.4, -0.2) is 48.0 Å². The average Bonchev–Trinajstić information content (AvgIpc) is 2.79. The molecule has 0 aliphatic carbocycles. The van der Waals surface area contributed by atoms with Crippen molar-refractivity contribution in [1.82, 2.24) is 0 Å². The van der Waals surface area contributed by atoms with Crippen LogP contribution >= 0.6 is 0 Å². The van der Waals surface area contributed by atoms with E-state index in [4.69, 9.17) is 19.3 Å². The van der Waals surface area contributed by atoms with Crippen molar-refractivity contribution in [2.24, 2.45) is 0 Å². The summed E-state index contributed by atoms with van der Waals surface area (Å²) < 4.78 is 15.9. The van der Waals surface area contributed by atoms with Gasteiger partial charge in [-0.3, -0.25) is 14.9 Å². The maximum atomic E-state index is 11.6. The third-order valence-corrected chi connectivity index (χ3v) is 5.24. The second-order valence-corrected chi connectivity index (χ2v) is 7.53. The molecule has 0 spiro atoms. The monoisotopic (exact) mass is 458 g/mol. The highest BCUT2D eigenvalue weighted by molar-refractivity contribution is 5.67. The Balaban J connectivity index is 1.68. The molecule has 10 nitrogen and oxygen atoms in total. The van der Waals surface area contributed by atoms with Gasteiger partial charge in [-0.25, -0.2) is 4.79 Å². The largest absolute Gasteiger partial charge is 0.508 e. The molecule has 0 atom stereocenters. The number of aryl methyl sites for hydroxylation is 1. The number of nitro groups is 1. The van der Waals surface area contributed by atoms with Gasteiger partial charge in [0.1, 0.15) is 23.3 Å². The number of rotatable bonds is 9. The van der Waals surface area contributed by atoms with Gasteiger partial charge in [0.25, 0.3) is 5.69 Å². The number of carboxylic acids is 1. The Hall–Kier alpha value is -3.82. The molecule has 1 fully saturated rings. The molecule has 1 heterocycles. The molecule has 176 valence electrons. The van der Waals surface area contributed by atoms with E-state index < -0.39 is 17.0 Å². The first-order valence-electron chi connectivity index (χ1n) is 10.7. The van der Waals surface area contributed by atoms with Gasteiger partial charge >= 0.3 is 12.1 Å². The van der Waals surface area contributed by atoms with Crippen molar-refractivity contribution in [2.45, 2.75) is 38.7 Å². The Kier molecular flexibility index (Phi) is 8.06. The van der Waals surface area contributed by atoms with Gasteiger partial charge in [-0.1, -0.05) is 12.1 Å². The summed E-state index contributed by atoms with van der Waals surface area (Å²) in [7, 11) is 0. The summed E-state index contributed by atoms with van der Waals surface area (Å²) in [5.74, 6) is 0.124.